The summed E-state index contributed by atoms with van der Waals surface area (Å²) >= 11 is 0. The quantitative estimate of drug-likeness (QED) is 0.565. The predicted octanol–water partition coefficient (Wildman–Crippen LogP) is 1.20. The summed E-state index contributed by atoms with van der Waals surface area (Å²) in [6, 6.07) is -1.47. The van der Waals surface area contributed by atoms with Gasteiger partial charge in [0.2, 0.25) is 17.7 Å². The number of carbonyl (C=O) groups is 3. The van der Waals surface area contributed by atoms with Crippen LogP contribution >= 0.6 is 0 Å². The van der Waals surface area contributed by atoms with Gasteiger partial charge in [-0.05, 0) is 40.5 Å². The Balaban J connectivity index is 2.09. The van der Waals surface area contributed by atoms with Crippen LogP contribution < -0.4 is 0 Å². The molecule has 1 spiro atoms. The van der Waals surface area contributed by atoms with Crippen LogP contribution in [0.25, 0.3) is 0 Å². The van der Waals surface area contributed by atoms with Crippen molar-refractivity contribution in [1.82, 2.24) is 14.7 Å². The molecular formula is C24H37N3O5. The van der Waals surface area contributed by atoms with E-state index in [1.807, 2.05) is 20.8 Å². The third-order valence-electron chi connectivity index (χ3n) is 7.16. The molecule has 1 N–H and O–H groups in total. The molecule has 32 heavy (non-hydrogen) atoms. The van der Waals surface area contributed by atoms with Crippen molar-refractivity contribution in [3.05, 3.63) is 25.3 Å². The molecule has 0 radical (unpaired) electrons. The first-order chi connectivity index (χ1) is 15.0. The van der Waals surface area contributed by atoms with E-state index in [0.29, 0.717) is 25.9 Å². The fourth-order valence-electron chi connectivity index (χ4n) is 5.72. The van der Waals surface area contributed by atoms with E-state index < -0.39 is 41.2 Å². The van der Waals surface area contributed by atoms with Crippen molar-refractivity contribution < 1.29 is 24.2 Å². The van der Waals surface area contributed by atoms with Crippen LogP contribution in [-0.4, -0.2) is 93.6 Å². The van der Waals surface area contributed by atoms with E-state index >= 15 is 0 Å². The van der Waals surface area contributed by atoms with Crippen molar-refractivity contribution in [3.63, 3.8) is 0 Å². The minimum atomic E-state index is -1.07. The number of hydrogen-bond donors (Lipinski definition) is 1. The summed E-state index contributed by atoms with van der Waals surface area (Å²) < 4.78 is 6.43. The summed E-state index contributed by atoms with van der Waals surface area (Å²) in [5.41, 5.74) is -1.57. The lowest BCUT2D eigenvalue weighted by atomic mass is 9.70. The number of fused-ring (bicyclic) bond motifs is 1. The standard InChI is InChI=1S/C24H37N3O5/c1-8-12-25(7)20(29)17-16-10-11-24(32-16)18(17)21(30)27(15(3)14-28)19(24)22(31)26(13-9-2)23(4,5)6/h8-9,15-19,28H,1-2,10-14H2,3-7H3/t15-,16+,17-,18+,19?,24?/m1/s1. The van der Waals surface area contributed by atoms with Crippen molar-refractivity contribution in [2.24, 2.45) is 11.8 Å². The minimum absolute atomic E-state index is 0.168. The van der Waals surface area contributed by atoms with Crippen LogP contribution in [0.15, 0.2) is 25.3 Å². The number of aliphatic hydroxyl groups excluding tert-OH is 1. The van der Waals surface area contributed by atoms with Gasteiger partial charge in [-0.15, -0.1) is 13.2 Å². The first-order valence-electron chi connectivity index (χ1n) is 11.3. The predicted molar refractivity (Wildman–Crippen MR) is 120 cm³/mol. The number of hydrogen-bond acceptors (Lipinski definition) is 5. The Morgan fingerprint density at radius 3 is 2.44 bits per heavy atom. The molecule has 0 aromatic carbocycles. The number of aliphatic hydroxyl groups is 1. The number of likely N-dealkylation sites (tertiary alicyclic amines) is 1. The van der Waals surface area contributed by atoms with Gasteiger partial charge >= 0.3 is 0 Å². The Kier molecular flexibility index (Phi) is 6.60. The summed E-state index contributed by atoms with van der Waals surface area (Å²) in [4.78, 5) is 45.8. The highest BCUT2D eigenvalue weighted by Crippen LogP contribution is 2.59. The lowest BCUT2D eigenvalue weighted by Crippen LogP contribution is -2.61. The van der Waals surface area contributed by atoms with Crippen LogP contribution in [0.1, 0.15) is 40.5 Å². The van der Waals surface area contributed by atoms with Crippen LogP contribution in [0.4, 0.5) is 0 Å². The molecule has 2 unspecified atom stereocenters. The molecule has 6 atom stereocenters. The first-order valence-corrected chi connectivity index (χ1v) is 11.3. The molecule has 3 rings (SSSR count). The van der Waals surface area contributed by atoms with Gasteiger partial charge in [0, 0.05) is 25.7 Å². The van der Waals surface area contributed by atoms with Crippen LogP contribution in [0, 0.1) is 11.8 Å². The number of likely N-dealkylation sites (N-methyl/N-ethyl adjacent to an activating group) is 1. The molecule has 3 fully saturated rings. The summed E-state index contributed by atoms with van der Waals surface area (Å²) in [5, 5.41) is 9.92. The van der Waals surface area contributed by atoms with Gasteiger partial charge in [-0.3, -0.25) is 14.4 Å². The van der Waals surface area contributed by atoms with Crippen LogP contribution in [0.5, 0.6) is 0 Å². The molecule has 2 bridgehead atoms. The molecule has 3 heterocycles. The average molecular weight is 448 g/mol. The second kappa shape index (κ2) is 8.63. The number of carbonyl (C=O) groups excluding carboxylic acids is 3. The molecule has 3 aliphatic heterocycles. The summed E-state index contributed by atoms with van der Waals surface area (Å²) in [6.45, 7) is 15.4. The van der Waals surface area contributed by atoms with Crippen LogP contribution in [-0.2, 0) is 19.1 Å². The van der Waals surface area contributed by atoms with Gasteiger partial charge in [-0.2, -0.15) is 0 Å². The molecule has 178 valence electrons. The number of ether oxygens (including phenoxy) is 1. The van der Waals surface area contributed by atoms with Crippen LogP contribution in [0.3, 0.4) is 0 Å². The molecule has 3 amide bonds. The highest BCUT2D eigenvalue weighted by atomic mass is 16.5. The maximum absolute atomic E-state index is 14.0. The molecule has 3 aliphatic rings. The monoisotopic (exact) mass is 447 g/mol. The summed E-state index contributed by atoms with van der Waals surface area (Å²) in [5.74, 6) is -2.07. The largest absolute Gasteiger partial charge is 0.394 e. The van der Waals surface area contributed by atoms with Gasteiger partial charge in [0.15, 0.2) is 0 Å². The lowest BCUT2D eigenvalue weighted by Gasteiger charge is -2.43. The second-order valence-corrected chi connectivity index (χ2v) is 10.2. The zero-order valence-corrected chi connectivity index (χ0v) is 19.9. The van der Waals surface area contributed by atoms with Crippen LogP contribution in [0.2, 0.25) is 0 Å². The fourth-order valence-corrected chi connectivity index (χ4v) is 5.72. The van der Waals surface area contributed by atoms with Crippen molar-refractivity contribution in [2.45, 2.75) is 69.9 Å². The average Bonchev–Trinajstić information content (AvgIpc) is 3.37. The zero-order chi connectivity index (χ0) is 24.0. The Morgan fingerprint density at radius 1 is 1.28 bits per heavy atom. The fraction of sp³-hybridized carbons (Fsp3) is 0.708. The van der Waals surface area contributed by atoms with E-state index in [-0.39, 0.29) is 24.3 Å². The Morgan fingerprint density at radius 2 is 1.91 bits per heavy atom. The maximum Gasteiger partial charge on any atom is 0.249 e. The molecule has 8 heteroatoms. The molecule has 0 aromatic heterocycles. The second-order valence-electron chi connectivity index (χ2n) is 10.2. The van der Waals surface area contributed by atoms with Crippen molar-refractivity contribution in [1.29, 1.82) is 0 Å². The molecule has 3 saturated heterocycles. The smallest absolute Gasteiger partial charge is 0.249 e. The molecule has 0 saturated carbocycles. The van der Waals surface area contributed by atoms with Gasteiger partial charge in [0.05, 0.1) is 30.6 Å². The van der Waals surface area contributed by atoms with E-state index in [1.54, 1.807) is 35.9 Å². The third-order valence-corrected chi connectivity index (χ3v) is 7.16. The van der Waals surface area contributed by atoms with Crippen molar-refractivity contribution in [3.8, 4) is 0 Å². The topological polar surface area (TPSA) is 90.4 Å². The van der Waals surface area contributed by atoms with Gasteiger partial charge in [0.25, 0.3) is 0 Å². The Bertz CT molecular complexity index is 806. The lowest BCUT2D eigenvalue weighted by molar-refractivity contribution is -0.154. The maximum atomic E-state index is 14.0. The van der Waals surface area contributed by atoms with E-state index in [0.717, 1.165) is 0 Å². The van der Waals surface area contributed by atoms with E-state index in [9.17, 15) is 19.5 Å². The van der Waals surface area contributed by atoms with E-state index in [4.69, 9.17) is 4.74 Å². The molecule has 0 aliphatic carbocycles. The van der Waals surface area contributed by atoms with E-state index in [1.165, 1.54) is 4.90 Å². The Labute approximate surface area is 190 Å². The molecular weight excluding hydrogens is 410 g/mol. The number of nitrogens with zero attached hydrogens (tertiary/aromatic N) is 3. The van der Waals surface area contributed by atoms with Gasteiger partial charge in [-0.1, -0.05) is 12.2 Å². The molecule has 8 nitrogen and oxygen atoms in total. The van der Waals surface area contributed by atoms with E-state index in [2.05, 4.69) is 13.2 Å². The van der Waals surface area contributed by atoms with Gasteiger partial charge < -0.3 is 24.5 Å². The van der Waals surface area contributed by atoms with Crippen molar-refractivity contribution >= 4 is 17.7 Å². The number of amides is 3. The number of rotatable bonds is 8. The van der Waals surface area contributed by atoms with Gasteiger partial charge in [-0.25, -0.2) is 0 Å². The molecule has 0 aromatic rings. The first kappa shape index (κ1) is 24.5. The van der Waals surface area contributed by atoms with Gasteiger partial charge in [0.1, 0.15) is 11.6 Å². The minimum Gasteiger partial charge on any atom is -0.394 e. The highest BCUT2D eigenvalue weighted by Gasteiger charge is 2.75. The summed E-state index contributed by atoms with van der Waals surface area (Å²) in [7, 11) is 1.68. The highest BCUT2D eigenvalue weighted by molar-refractivity contribution is 5.99. The normalized spacial score (nSPS) is 31.9. The van der Waals surface area contributed by atoms with Crippen molar-refractivity contribution in [2.75, 3.05) is 26.7 Å². The SMILES string of the molecule is C=CCN(C)C(=O)[C@@H]1[C@@H]2CCC3(O2)C(C(=O)N(CC=C)C(C)(C)C)N([C@H](C)CO)C(=O)[C@H]13. The Hall–Kier alpha value is -2.19. The third kappa shape index (κ3) is 3.57. The zero-order valence-electron chi connectivity index (χ0n) is 19.9. The summed E-state index contributed by atoms with van der Waals surface area (Å²) in [6.07, 6.45) is 4.05.